The summed E-state index contributed by atoms with van der Waals surface area (Å²) in [6.07, 6.45) is 6.44. The molecule has 37 heavy (non-hydrogen) atoms. The highest BCUT2D eigenvalue weighted by molar-refractivity contribution is 7.22. The van der Waals surface area contributed by atoms with Crippen molar-refractivity contribution in [1.82, 2.24) is 15.3 Å². The van der Waals surface area contributed by atoms with Crippen molar-refractivity contribution in [3.63, 3.8) is 0 Å². The first kappa shape index (κ1) is 25.3. The summed E-state index contributed by atoms with van der Waals surface area (Å²) in [5.74, 6) is -0.269. The van der Waals surface area contributed by atoms with Crippen LogP contribution in [-0.4, -0.2) is 42.3 Å². The zero-order valence-electron chi connectivity index (χ0n) is 20.5. The van der Waals surface area contributed by atoms with E-state index in [4.69, 9.17) is 14.2 Å². The highest BCUT2D eigenvalue weighted by Gasteiger charge is 2.22. The zero-order chi connectivity index (χ0) is 25.6. The van der Waals surface area contributed by atoms with Gasteiger partial charge in [-0.15, -0.1) is 11.3 Å². The molecule has 0 saturated heterocycles. The zero-order valence-corrected chi connectivity index (χ0v) is 21.4. The van der Waals surface area contributed by atoms with E-state index in [1.807, 2.05) is 24.4 Å². The van der Waals surface area contributed by atoms with Gasteiger partial charge in [0.1, 0.15) is 11.9 Å². The Balaban J connectivity index is 1.27. The van der Waals surface area contributed by atoms with Gasteiger partial charge in [0.05, 0.1) is 33.8 Å². The Bertz CT molecular complexity index is 1370. The standard InChI is InChI=1S/C28H28FN3O4S/c1-34-12-11-30-16-19-5-7-22(32-17-19)26-15-23-28(37-26)25(9-10-31-23)36-24-8-6-18(13-21(24)29)14-27(33)35-20-3-2-4-20/h5-10,13,15,17,20,30H,2-4,11-12,14,16H2,1H3. The van der Waals surface area contributed by atoms with Gasteiger partial charge in [-0.3, -0.25) is 14.8 Å². The van der Waals surface area contributed by atoms with Gasteiger partial charge in [-0.25, -0.2) is 4.39 Å². The first-order chi connectivity index (χ1) is 18.1. The molecule has 1 aliphatic carbocycles. The van der Waals surface area contributed by atoms with Crippen LogP contribution in [0.1, 0.15) is 30.4 Å². The van der Waals surface area contributed by atoms with Crippen LogP contribution in [0.4, 0.5) is 4.39 Å². The minimum atomic E-state index is -0.535. The normalized spacial score (nSPS) is 13.5. The van der Waals surface area contributed by atoms with Crippen molar-refractivity contribution >= 4 is 27.5 Å². The predicted octanol–water partition coefficient (Wildman–Crippen LogP) is 5.66. The summed E-state index contributed by atoms with van der Waals surface area (Å²) in [6.45, 7) is 2.15. The number of hydrogen-bond acceptors (Lipinski definition) is 8. The summed E-state index contributed by atoms with van der Waals surface area (Å²) < 4.78 is 32.0. The lowest BCUT2D eigenvalue weighted by Gasteiger charge is -2.25. The van der Waals surface area contributed by atoms with Gasteiger partial charge < -0.3 is 19.5 Å². The van der Waals surface area contributed by atoms with Gasteiger partial charge in [0.15, 0.2) is 11.6 Å². The van der Waals surface area contributed by atoms with Crippen LogP contribution in [0.15, 0.2) is 54.9 Å². The maximum Gasteiger partial charge on any atom is 0.310 e. The van der Waals surface area contributed by atoms with E-state index < -0.39 is 5.82 Å². The third kappa shape index (κ3) is 6.30. The Kier molecular flexibility index (Phi) is 8.03. The number of carbonyl (C=O) groups excluding carboxylic acids is 1. The number of esters is 1. The molecule has 7 nitrogen and oxygen atoms in total. The van der Waals surface area contributed by atoms with Crippen molar-refractivity contribution in [2.75, 3.05) is 20.3 Å². The molecule has 1 saturated carbocycles. The van der Waals surface area contributed by atoms with Crippen LogP contribution < -0.4 is 10.1 Å². The SMILES string of the molecule is COCCNCc1ccc(-c2cc3nccc(Oc4ccc(CC(=O)OC5CCC5)cc4F)c3s2)nc1. The Morgan fingerprint density at radius 1 is 1.11 bits per heavy atom. The minimum Gasteiger partial charge on any atom is -0.462 e. The molecule has 0 radical (unpaired) electrons. The number of thiophene rings is 1. The molecule has 0 bridgehead atoms. The second kappa shape index (κ2) is 11.8. The maximum absolute atomic E-state index is 14.9. The fraction of sp³-hybridized carbons (Fsp3) is 0.321. The quantitative estimate of drug-likeness (QED) is 0.201. The van der Waals surface area contributed by atoms with Crippen LogP contribution in [0.25, 0.3) is 20.8 Å². The van der Waals surface area contributed by atoms with E-state index in [0.29, 0.717) is 24.5 Å². The largest absolute Gasteiger partial charge is 0.462 e. The predicted molar refractivity (Wildman–Crippen MR) is 140 cm³/mol. The van der Waals surface area contributed by atoms with Crippen LogP contribution in [-0.2, 0) is 27.2 Å². The molecular weight excluding hydrogens is 493 g/mol. The van der Waals surface area contributed by atoms with Crippen LogP contribution in [0.5, 0.6) is 11.5 Å². The summed E-state index contributed by atoms with van der Waals surface area (Å²) >= 11 is 1.49. The first-order valence-corrected chi connectivity index (χ1v) is 13.1. The fourth-order valence-corrected chi connectivity index (χ4v) is 4.98. The molecule has 0 spiro atoms. The van der Waals surface area contributed by atoms with Crippen LogP contribution in [0.2, 0.25) is 0 Å². The number of hydrogen-bond donors (Lipinski definition) is 1. The van der Waals surface area contributed by atoms with Crippen LogP contribution >= 0.6 is 11.3 Å². The number of nitrogens with zero attached hydrogens (tertiary/aromatic N) is 2. The highest BCUT2D eigenvalue weighted by Crippen LogP contribution is 2.39. The Labute approximate surface area is 218 Å². The van der Waals surface area contributed by atoms with Gasteiger partial charge in [-0.1, -0.05) is 12.1 Å². The monoisotopic (exact) mass is 521 g/mol. The van der Waals surface area contributed by atoms with Crippen molar-refractivity contribution in [3.05, 3.63) is 71.8 Å². The third-order valence-corrected chi connectivity index (χ3v) is 7.34. The molecule has 5 rings (SSSR count). The number of aromatic nitrogens is 2. The average molecular weight is 522 g/mol. The maximum atomic E-state index is 14.9. The second-order valence-corrected chi connectivity index (χ2v) is 9.99. The molecule has 1 aromatic carbocycles. The van der Waals surface area contributed by atoms with Gasteiger partial charge in [0, 0.05) is 38.7 Å². The lowest BCUT2D eigenvalue weighted by atomic mass is 9.96. The first-order valence-electron chi connectivity index (χ1n) is 12.3. The number of fused-ring (bicyclic) bond motifs is 1. The topological polar surface area (TPSA) is 82.6 Å². The van der Waals surface area contributed by atoms with Crippen LogP contribution in [0, 0.1) is 5.82 Å². The smallest absolute Gasteiger partial charge is 0.310 e. The summed E-state index contributed by atoms with van der Waals surface area (Å²) in [6, 6.07) is 12.2. The van der Waals surface area contributed by atoms with E-state index >= 15 is 0 Å². The van der Waals surface area contributed by atoms with Gasteiger partial charge in [0.2, 0.25) is 0 Å². The average Bonchev–Trinajstić information content (AvgIpc) is 3.32. The number of ether oxygens (including phenoxy) is 3. The number of halogens is 1. The molecule has 3 heterocycles. The number of pyridine rings is 2. The van der Waals surface area contributed by atoms with Gasteiger partial charge in [-0.2, -0.15) is 0 Å². The van der Waals surface area contributed by atoms with E-state index in [0.717, 1.165) is 52.2 Å². The number of rotatable bonds is 11. The summed E-state index contributed by atoms with van der Waals surface area (Å²) in [5, 5.41) is 3.30. The van der Waals surface area contributed by atoms with Crippen LogP contribution in [0.3, 0.4) is 0 Å². The van der Waals surface area contributed by atoms with E-state index in [9.17, 15) is 9.18 Å². The molecule has 0 aliphatic heterocycles. The molecule has 0 atom stereocenters. The Morgan fingerprint density at radius 2 is 1.97 bits per heavy atom. The van der Waals surface area contributed by atoms with E-state index in [1.54, 1.807) is 31.5 Å². The van der Waals surface area contributed by atoms with Crippen molar-refractivity contribution in [2.24, 2.45) is 0 Å². The molecule has 9 heteroatoms. The van der Waals surface area contributed by atoms with Gasteiger partial charge >= 0.3 is 5.97 Å². The van der Waals surface area contributed by atoms with Gasteiger partial charge in [0.25, 0.3) is 0 Å². The summed E-state index contributed by atoms with van der Waals surface area (Å²) in [4.78, 5) is 22.1. The molecule has 0 unspecified atom stereocenters. The van der Waals surface area contributed by atoms with Crippen molar-refractivity contribution in [3.8, 4) is 22.1 Å². The molecule has 1 fully saturated rings. The Morgan fingerprint density at radius 3 is 2.70 bits per heavy atom. The minimum absolute atomic E-state index is 0.0148. The highest BCUT2D eigenvalue weighted by atomic mass is 32.1. The molecule has 1 N–H and O–H groups in total. The fourth-order valence-electron chi connectivity index (χ4n) is 3.94. The molecular formula is C28H28FN3O4S. The summed E-state index contributed by atoms with van der Waals surface area (Å²) in [5.41, 5.74) is 3.22. The lowest BCUT2D eigenvalue weighted by Crippen LogP contribution is -2.25. The number of benzene rings is 1. The molecule has 0 amide bonds. The molecule has 1 aliphatic rings. The third-order valence-electron chi connectivity index (χ3n) is 6.18. The van der Waals surface area contributed by atoms with E-state index in [-0.39, 0.29) is 24.2 Å². The molecule has 4 aromatic rings. The number of nitrogens with one attached hydrogen (secondary N) is 1. The van der Waals surface area contributed by atoms with Crippen molar-refractivity contribution < 1.29 is 23.4 Å². The van der Waals surface area contributed by atoms with E-state index in [2.05, 4.69) is 15.3 Å². The number of methoxy groups -OCH3 is 1. The van der Waals surface area contributed by atoms with Gasteiger partial charge in [-0.05, 0) is 54.7 Å². The lowest BCUT2D eigenvalue weighted by molar-refractivity contribution is -0.152. The van der Waals surface area contributed by atoms with E-state index in [1.165, 1.54) is 17.4 Å². The second-order valence-electron chi connectivity index (χ2n) is 8.94. The molecule has 192 valence electrons. The summed E-state index contributed by atoms with van der Waals surface area (Å²) in [7, 11) is 1.68. The van der Waals surface area contributed by atoms with Crippen molar-refractivity contribution in [1.29, 1.82) is 0 Å². The van der Waals surface area contributed by atoms with Crippen molar-refractivity contribution in [2.45, 2.75) is 38.3 Å². The number of carbonyl (C=O) groups is 1. The molecule has 3 aromatic heterocycles. The Hall–Kier alpha value is -3.40.